The smallest absolute Gasteiger partial charge is 0.507 e. The molecule has 0 heterocycles. The first-order valence-corrected chi connectivity index (χ1v) is 8.63. The summed E-state index contributed by atoms with van der Waals surface area (Å²) in [6, 6.07) is 2.85. The van der Waals surface area contributed by atoms with Crippen LogP contribution < -0.4 is 4.74 Å². The van der Waals surface area contributed by atoms with E-state index in [-0.39, 0.29) is 0 Å². The van der Waals surface area contributed by atoms with Gasteiger partial charge >= 0.3 is 34.0 Å². The number of halogens is 4. The van der Waals surface area contributed by atoms with Crippen LogP contribution in [0.15, 0.2) is 18.2 Å². The second-order valence-corrected chi connectivity index (χ2v) is 6.21. The van der Waals surface area contributed by atoms with Crippen molar-refractivity contribution in [1.29, 1.82) is 0 Å². The molecule has 0 fully saturated rings. The molecule has 1 aromatic carbocycles. The third-order valence-corrected chi connectivity index (χ3v) is 3.29. The second-order valence-electron chi connectivity index (χ2n) is 2.87. The van der Waals surface area contributed by atoms with E-state index in [1.807, 2.05) is 0 Å². The third-order valence-electron chi connectivity index (χ3n) is 1.32. The Bertz CT molecular complexity index is 562. The van der Waals surface area contributed by atoms with Crippen molar-refractivity contribution in [3.8, 4) is 11.5 Å². The maximum absolute atomic E-state index is 11.8. The van der Waals surface area contributed by atoms with E-state index in [0.29, 0.717) is 0 Å². The summed E-state index contributed by atoms with van der Waals surface area (Å²) in [5.41, 5.74) is 0. The van der Waals surface area contributed by atoms with Gasteiger partial charge in [0.2, 0.25) is 0 Å². The molecule has 0 aliphatic carbocycles. The third kappa shape index (κ3) is 9.03. The first kappa shape index (κ1) is 19.1. The monoisotopic (exact) mass is 434 g/mol. The molecule has 0 spiro atoms. The minimum atomic E-state index is -4.99. The van der Waals surface area contributed by atoms with Gasteiger partial charge in [-0.1, -0.05) is 6.07 Å². The molecule has 1 aromatic rings. The molecule has 4 N–H and O–H groups in total. The van der Waals surface area contributed by atoms with Crippen molar-refractivity contribution in [3.63, 3.8) is 0 Å². The van der Waals surface area contributed by atoms with Gasteiger partial charge in [-0.25, -0.2) is 10.7 Å². The van der Waals surface area contributed by atoms with Crippen molar-refractivity contribution in [2.24, 2.45) is 0 Å². The number of phenols is 1. The molecule has 0 aliphatic heterocycles. The second kappa shape index (κ2) is 7.17. The van der Waals surface area contributed by atoms with Crippen molar-refractivity contribution in [2.75, 3.05) is 0 Å². The van der Waals surface area contributed by atoms with E-state index >= 15 is 0 Å². The van der Waals surface area contributed by atoms with Gasteiger partial charge in [0, 0.05) is 0 Å². The summed E-state index contributed by atoms with van der Waals surface area (Å²) in [4.78, 5) is 21.6. The van der Waals surface area contributed by atoms with Gasteiger partial charge in [-0.05, 0) is 12.1 Å². The van der Waals surface area contributed by atoms with E-state index < -0.39 is 49.0 Å². The number of aromatic hydroxyl groups is 1. The predicted octanol–water partition coefficient (Wildman–Crippen LogP) is 1.73. The summed E-state index contributed by atoms with van der Waals surface area (Å²) in [5.74, 6) is -1.65. The topological polar surface area (TPSA) is 141 Å². The van der Waals surface area contributed by atoms with Crippen LogP contribution in [-0.2, 0) is 10.7 Å². The number of rotatable bonds is 2. The lowest BCUT2D eigenvalue weighted by Gasteiger charge is -2.10. The molecular weight excluding hydrogens is 427 g/mol. The quantitative estimate of drug-likeness (QED) is 0.408. The lowest BCUT2D eigenvalue weighted by molar-refractivity contribution is -0.275. The van der Waals surface area contributed by atoms with Crippen LogP contribution in [0.5, 0.6) is 11.5 Å². The van der Waals surface area contributed by atoms with Gasteiger partial charge in [0.25, 0.3) is 0 Å². The van der Waals surface area contributed by atoms with Crippen LogP contribution in [0.4, 0.5) is 13.2 Å². The fraction of sp³-hybridized carbons (Fsp3) is 0.143. The van der Waals surface area contributed by atoms with Crippen LogP contribution in [0.1, 0.15) is 0 Å². The van der Waals surface area contributed by atoms with Crippen molar-refractivity contribution in [2.45, 2.75) is 6.36 Å². The Morgan fingerprint density at radius 1 is 1.15 bits per heavy atom. The van der Waals surface area contributed by atoms with Crippen molar-refractivity contribution in [3.05, 3.63) is 21.8 Å². The Morgan fingerprint density at radius 3 is 1.95 bits per heavy atom. The fourth-order valence-corrected chi connectivity index (χ4v) is 2.21. The molecule has 0 unspecified atom stereocenters. The summed E-state index contributed by atoms with van der Waals surface area (Å²) >= 11 is -4.24. The van der Waals surface area contributed by atoms with E-state index in [4.69, 9.17) is 24.4 Å². The Morgan fingerprint density at radius 2 is 1.60 bits per heavy atom. The summed E-state index contributed by atoms with van der Waals surface area (Å²) in [6.45, 7) is 0. The van der Waals surface area contributed by atoms with Crippen LogP contribution in [-0.4, -0.2) is 26.1 Å². The average molecular weight is 434 g/mol. The zero-order valence-electron chi connectivity index (χ0n) is 9.11. The molecule has 0 saturated carbocycles. The normalized spacial score (nSPS) is 11.8. The highest BCUT2D eigenvalue weighted by molar-refractivity contribution is 14.2. The highest BCUT2D eigenvalue weighted by atomic mass is 127. The van der Waals surface area contributed by atoms with Crippen molar-refractivity contribution < 1.29 is 48.4 Å². The molecular formula is C7H7F3IO8P. The van der Waals surface area contributed by atoms with Gasteiger partial charge in [-0.15, -0.1) is 13.2 Å². The highest BCUT2D eigenvalue weighted by Crippen LogP contribution is 2.37. The van der Waals surface area contributed by atoms with Crippen LogP contribution in [0.2, 0.25) is 0 Å². The Balaban J connectivity index is 0.000000621. The largest absolute Gasteiger partial charge is 0.573 e. The first-order chi connectivity index (χ1) is 8.81. The standard InChI is InChI=1S/C7H4F3IO4.H3O4P/c8-7(9,10)15-5-3-1-2-4(12)6(5)11(13)14;1-5(2,3)4/h1-3,12H;(H3,1,2,3,4). The molecule has 20 heavy (non-hydrogen) atoms. The molecule has 0 aliphatic rings. The van der Waals surface area contributed by atoms with E-state index in [1.165, 1.54) is 0 Å². The van der Waals surface area contributed by atoms with E-state index in [9.17, 15) is 19.3 Å². The number of phosphoric acid groups is 1. The Hall–Kier alpha value is -0.950. The van der Waals surface area contributed by atoms with Crippen molar-refractivity contribution in [1.82, 2.24) is 0 Å². The zero-order valence-corrected chi connectivity index (χ0v) is 12.2. The molecule has 8 nitrogen and oxygen atoms in total. The Labute approximate surface area is 116 Å². The predicted molar refractivity (Wildman–Crippen MR) is 63.1 cm³/mol. The highest BCUT2D eigenvalue weighted by Gasteiger charge is 2.33. The van der Waals surface area contributed by atoms with E-state index in [1.54, 1.807) is 0 Å². The van der Waals surface area contributed by atoms with Crippen LogP contribution >= 0.6 is 27.6 Å². The van der Waals surface area contributed by atoms with Gasteiger partial charge in [0.05, 0.1) is 0 Å². The SMILES string of the molecule is O=I(=O)c1c(O)cccc1OC(F)(F)F.O=P(O)(O)O. The maximum atomic E-state index is 11.8. The summed E-state index contributed by atoms with van der Waals surface area (Å²) in [7, 11) is -4.64. The minimum absolute atomic E-state index is 0.744. The first-order valence-electron chi connectivity index (χ1n) is 4.22. The van der Waals surface area contributed by atoms with Gasteiger partial charge in [-0.2, -0.15) is 0 Å². The molecule has 0 bridgehead atoms. The molecule has 0 amide bonds. The minimum Gasteiger partial charge on any atom is -0.507 e. The van der Waals surface area contributed by atoms with Gasteiger partial charge < -0.3 is 24.5 Å². The van der Waals surface area contributed by atoms with Crippen LogP contribution in [0.25, 0.3) is 0 Å². The molecule has 0 aromatic heterocycles. The molecule has 0 radical (unpaired) electrons. The van der Waals surface area contributed by atoms with Crippen LogP contribution in [0, 0.1) is 3.57 Å². The fourth-order valence-electron chi connectivity index (χ4n) is 0.858. The molecule has 1 rings (SSSR count). The number of ether oxygens (including phenoxy) is 1. The summed E-state index contributed by atoms with van der Waals surface area (Å²) < 4.78 is 68.3. The molecule has 0 saturated heterocycles. The zero-order chi connectivity index (χ0) is 16.1. The molecule has 116 valence electrons. The molecule has 0 atom stereocenters. The number of alkyl halides is 3. The lowest BCUT2D eigenvalue weighted by Crippen LogP contribution is -2.17. The average Bonchev–Trinajstić information content (AvgIpc) is 2.10. The molecule has 13 heteroatoms. The van der Waals surface area contributed by atoms with Crippen molar-refractivity contribution >= 4 is 27.6 Å². The number of phenolic OH excluding ortho intramolecular Hbond substituents is 1. The van der Waals surface area contributed by atoms with Gasteiger partial charge in [-0.3, -0.25) is 0 Å². The number of hydrogen-bond acceptors (Lipinski definition) is 5. The number of benzene rings is 1. The number of hydrogen-bond donors (Lipinski definition) is 4. The van der Waals surface area contributed by atoms with E-state index in [2.05, 4.69) is 4.74 Å². The maximum Gasteiger partial charge on any atom is 0.573 e. The summed E-state index contributed by atoms with van der Waals surface area (Å²) in [6.07, 6.45) is -4.99. The lowest BCUT2D eigenvalue weighted by atomic mass is 10.3. The van der Waals surface area contributed by atoms with Gasteiger partial charge in [0.1, 0.15) is 5.75 Å². The van der Waals surface area contributed by atoms with Gasteiger partial charge in [0.15, 0.2) is 9.32 Å². The van der Waals surface area contributed by atoms with E-state index in [0.717, 1.165) is 18.2 Å². The van der Waals surface area contributed by atoms with Crippen LogP contribution in [0.3, 0.4) is 0 Å². The summed E-state index contributed by atoms with van der Waals surface area (Å²) in [5, 5.41) is 9.05. The Kier molecular flexibility index (Phi) is 6.83.